The normalized spacial score (nSPS) is 15.1. The largest absolute Gasteiger partial charge is 0.491 e. The quantitative estimate of drug-likeness (QED) is 0.946. The summed E-state index contributed by atoms with van der Waals surface area (Å²) < 4.78 is 18.9. The van der Waals surface area contributed by atoms with Gasteiger partial charge in [-0.1, -0.05) is 12.1 Å². The van der Waals surface area contributed by atoms with Crippen molar-refractivity contribution in [1.82, 2.24) is 0 Å². The average Bonchev–Trinajstić information content (AvgIpc) is 2.77. The molecule has 2 aromatic rings. The Balaban J connectivity index is 1.81. The highest BCUT2D eigenvalue weighted by atomic mass is 19.1. The van der Waals surface area contributed by atoms with Gasteiger partial charge >= 0.3 is 0 Å². The third kappa shape index (κ3) is 3.61. The van der Waals surface area contributed by atoms with Gasteiger partial charge in [-0.05, 0) is 35.9 Å². The molecule has 1 aliphatic rings. The first-order valence-corrected chi connectivity index (χ1v) is 7.56. The van der Waals surface area contributed by atoms with Crippen molar-refractivity contribution >= 4 is 5.69 Å². The van der Waals surface area contributed by atoms with Crippen molar-refractivity contribution in [3.8, 4) is 11.8 Å². The van der Waals surface area contributed by atoms with Gasteiger partial charge in [0.25, 0.3) is 0 Å². The SMILES string of the molecule is N#C[C@@H](N)Cc1ccc2c(c1)OCCN(c1ccc(F)cc1)C2. The molecule has 0 saturated carbocycles. The summed E-state index contributed by atoms with van der Waals surface area (Å²) in [5, 5.41) is 8.82. The van der Waals surface area contributed by atoms with E-state index in [-0.39, 0.29) is 5.82 Å². The molecule has 2 N–H and O–H groups in total. The average molecular weight is 311 g/mol. The molecule has 4 nitrogen and oxygen atoms in total. The molecule has 0 unspecified atom stereocenters. The van der Waals surface area contributed by atoms with Crippen molar-refractivity contribution in [2.45, 2.75) is 19.0 Å². The standard InChI is InChI=1S/C18H18FN3O/c19-15-3-5-17(6-4-15)22-7-8-23-18-10-13(9-16(21)11-20)1-2-14(18)12-22/h1-6,10,16H,7-9,12,21H2/t16-/m0/s1. The first kappa shape index (κ1) is 15.3. The number of halogens is 1. The van der Waals surface area contributed by atoms with Crippen molar-refractivity contribution in [1.29, 1.82) is 5.26 Å². The molecule has 0 radical (unpaired) electrons. The van der Waals surface area contributed by atoms with Crippen LogP contribution in [0.1, 0.15) is 11.1 Å². The van der Waals surface area contributed by atoms with Crippen LogP contribution >= 0.6 is 0 Å². The molecule has 0 aromatic heterocycles. The molecule has 0 aliphatic carbocycles. The Labute approximate surface area is 134 Å². The van der Waals surface area contributed by atoms with E-state index in [2.05, 4.69) is 4.90 Å². The van der Waals surface area contributed by atoms with Gasteiger partial charge in [0.15, 0.2) is 0 Å². The van der Waals surface area contributed by atoms with E-state index in [0.29, 0.717) is 19.6 Å². The van der Waals surface area contributed by atoms with Gasteiger partial charge in [0, 0.05) is 24.2 Å². The van der Waals surface area contributed by atoms with Gasteiger partial charge in [-0.2, -0.15) is 5.26 Å². The van der Waals surface area contributed by atoms with E-state index < -0.39 is 6.04 Å². The van der Waals surface area contributed by atoms with E-state index in [9.17, 15) is 4.39 Å². The molecule has 0 bridgehead atoms. The number of benzene rings is 2. The summed E-state index contributed by atoms with van der Waals surface area (Å²) in [5.74, 6) is 0.593. The fourth-order valence-corrected chi connectivity index (χ4v) is 2.71. The zero-order valence-electron chi connectivity index (χ0n) is 12.7. The van der Waals surface area contributed by atoms with Crippen molar-refractivity contribution < 1.29 is 9.13 Å². The van der Waals surface area contributed by atoms with Crippen LogP contribution in [0.3, 0.4) is 0 Å². The summed E-state index contributed by atoms with van der Waals surface area (Å²) in [4.78, 5) is 2.16. The second-order valence-electron chi connectivity index (χ2n) is 5.63. The number of ether oxygens (including phenoxy) is 1. The van der Waals surface area contributed by atoms with Crippen LogP contribution in [-0.2, 0) is 13.0 Å². The second-order valence-corrected chi connectivity index (χ2v) is 5.63. The van der Waals surface area contributed by atoms with Gasteiger partial charge < -0.3 is 15.4 Å². The van der Waals surface area contributed by atoms with Gasteiger partial charge in [0.1, 0.15) is 18.2 Å². The molecular formula is C18H18FN3O. The molecular weight excluding hydrogens is 293 g/mol. The highest BCUT2D eigenvalue weighted by Crippen LogP contribution is 2.27. The lowest BCUT2D eigenvalue weighted by atomic mass is 10.0. The summed E-state index contributed by atoms with van der Waals surface area (Å²) in [7, 11) is 0. The molecule has 1 heterocycles. The van der Waals surface area contributed by atoms with Crippen LogP contribution < -0.4 is 15.4 Å². The van der Waals surface area contributed by atoms with E-state index >= 15 is 0 Å². The summed E-state index contributed by atoms with van der Waals surface area (Å²) in [6.07, 6.45) is 0.509. The fourth-order valence-electron chi connectivity index (χ4n) is 2.71. The lowest BCUT2D eigenvalue weighted by molar-refractivity contribution is 0.331. The second kappa shape index (κ2) is 6.67. The number of nitrogens with two attached hydrogens (primary N) is 1. The first-order chi connectivity index (χ1) is 11.2. The summed E-state index contributed by atoms with van der Waals surface area (Å²) in [6, 6.07) is 14.0. The maximum Gasteiger partial charge on any atom is 0.124 e. The monoisotopic (exact) mass is 311 g/mol. The molecule has 5 heteroatoms. The Morgan fingerprint density at radius 1 is 1.26 bits per heavy atom. The number of hydrogen-bond donors (Lipinski definition) is 1. The van der Waals surface area contributed by atoms with Gasteiger partial charge in [-0.25, -0.2) is 4.39 Å². The summed E-state index contributed by atoms with van der Waals surface area (Å²) in [6.45, 7) is 1.98. The first-order valence-electron chi connectivity index (χ1n) is 7.56. The summed E-state index contributed by atoms with van der Waals surface area (Å²) in [5.41, 5.74) is 8.72. The van der Waals surface area contributed by atoms with Crippen LogP contribution in [-0.4, -0.2) is 19.2 Å². The van der Waals surface area contributed by atoms with Gasteiger partial charge in [-0.15, -0.1) is 0 Å². The van der Waals surface area contributed by atoms with Crippen molar-refractivity contribution in [3.05, 3.63) is 59.4 Å². The Hall–Kier alpha value is -2.58. The Morgan fingerprint density at radius 3 is 2.78 bits per heavy atom. The zero-order chi connectivity index (χ0) is 16.2. The lowest BCUT2D eigenvalue weighted by Crippen LogP contribution is -2.25. The van der Waals surface area contributed by atoms with Crippen molar-refractivity contribution in [2.24, 2.45) is 5.73 Å². The van der Waals surface area contributed by atoms with Crippen LogP contribution in [0.25, 0.3) is 0 Å². The predicted octanol–water partition coefficient (Wildman–Crippen LogP) is 2.62. The summed E-state index contributed by atoms with van der Waals surface area (Å²) >= 11 is 0. The van der Waals surface area contributed by atoms with Gasteiger partial charge in [-0.3, -0.25) is 0 Å². The van der Waals surface area contributed by atoms with Crippen LogP contribution in [0.15, 0.2) is 42.5 Å². The smallest absolute Gasteiger partial charge is 0.124 e. The lowest BCUT2D eigenvalue weighted by Gasteiger charge is -2.22. The number of hydrogen-bond acceptors (Lipinski definition) is 4. The van der Waals surface area contributed by atoms with Gasteiger partial charge in [0.2, 0.25) is 0 Å². The van der Waals surface area contributed by atoms with Crippen LogP contribution in [0.2, 0.25) is 0 Å². The Kier molecular flexibility index (Phi) is 4.45. The van der Waals surface area contributed by atoms with E-state index in [4.69, 9.17) is 15.7 Å². The van der Waals surface area contributed by atoms with E-state index in [1.54, 1.807) is 12.1 Å². The Morgan fingerprint density at radius 2 is 2.04 bits per heavy atom. The molecule has 23 heavy (non-hydrogen) atoms. The van der Waals surface area contributed by atoms with E-state index in [1.165, 1.54) is 12.1 Å². The molecule has 0 amide bonds. The minimum Gasteiger partial charge on any atom is -0.491 e. The predicted molar refractivity (Wildman–Crippen MR) is 86.7 cm³/mol. The number of fused-ring (bicyclic) bond motifs is 1. The molecule has 1 aliphatic heterocycles. The van der Waals surface area contributed by atoms with Crippen LogP contribution in [0.5, 0.6) is 5.75 Å². The molecule has 2 aromatic carbocycles. The van der Waals surface area contributed by atoms with Crippen molar-refractivity contribution in [2.75, 3.05) is 18.1 Å². The zero-order valence-corrected chi connectivity index (χ0v) is 12.7. The minimum absolute atomic E-state index is 0.237. The molecule has 0 saturated heterocycles. The highest BCUT2D eigenvalue weighted by Gasteiger charge is 2.16. The molecule has 1 atom stereocenters. The van der Waals surface area contributed by atoms with Gasteiger partial charge in [0.05, 0.1) is 18.7 Å². The molecule has 118 valence electrons. The van der Waals surface area contributed by atoms with Crippen LogP contribution in [0.4, 0.5) is 10.1 Å². The molecule has 0 fully saturated rings. The minimum atomic E-state index is -0.505. The maximum absolute atomic E-state index is 13.1. The topological polar surface area (TPSA) is 62.3 Å². The van der Waals surface area contributed by atoms with Crippen LogP contribution in [0, 0.1) is 17.1 Å². The third-order valence-corrected chi connectivity index (χ3v) is 3.92. The number of nitriles is 1. The number of anilines is 1. The maximum atomic E-state index is 13.1. The molecule has 3 rings (SSSR count). The van der Waals surface area contributed by atoms with E-state index in [0.717, 1.165) is 29.1 Å². The van der Waals surface area contributed by atoms with Crippen molar-refractivity contribution in [3.63, 3.8) is 0 Å². The molecule has 0 spiro atoms. The van der Waals surface area contributed by atoms with E-state index in [1.807, 2.05) is 24.3 Å². The fraction of sp³-hybridized carbons (Fsp3) is 0.278. The third-order valence-electron chi connectivity index (χ3n) is 3.92. The highest BCUT2D eigenvalue weighted by molar-refractivity contribution is 5.49. The Bertz CT molecular complexity index is 724. The number of rotatable bonds is 3. The number of nitrogens with zero attached hydrogens (tertiary/aromatic N) is 2.